The molecule has 1 spiro atoms. The number of hydrogen-bond donors (Lipinski definition) is 0. The van der Waals surface area contributed by atoms with Crippen molar-refractivity contribution in [2.24, 2.45) is 5.92 Å². The second kappa shape index (κ2) is 6.45. The Labute approximate surface area is 143 Å². The first-order chi connectivity index (χ1) is 11.6. The lowest BCUT2D eigenvalue weighted by atomic mass is 9.89. The highest BCUT2D eigenvalue weighted by Gasteiger charge is 2.45. The minimum absolute atomic E-state index is 0.0173. The van der Waals surface area contributed by atoms with Crippen molar-refractivity contribution < 1.29 is 14.3 Å². The highest BCUT2D eigenvalue weighted by molar-refractivity contribution is 5.92. The number of carbonyl (C=O) groups excluding carboxylic acids is 1. The maximum absolute atomic E-state index is 12.8. The lowest BCUT2D eigenvalue weighted by molar-refractivity contribution is -0.0466. The molecule has 3 aliphatic rings. The van der Waals surface area contributed by atoms with Crippen molar-refractivity contribution in [3.8, 4) is 0 Å². The highest BCUT2D eigenvalue weighted by Crippen LogP contribution is 2.37. The van der Waals surface area contributed by atoms with Gasteiger partial charge in [0.2, 0.25) is 0 Å². The first-order valence-corrected chi connectivity index (χ1v) is 9.11. The van der Waals surface area contributed by atoms with Crippen molar-refractivity contribution in [2.45, 2.75) is 50.7 Å². The molecule has 0 unspecified atom stereocenters. The highest BCUT2D eigenvalue weighted by atomic mass is 16.6. The first-order valence-electron chi connectivity index (χ1n) is 9.11. The van der Waals surface area contributed by atoms with Crippen molar-refractivity contribution in [1.82, 2.24) is 9.88 Å². The number of nitrogens with zero attached hydrogens (tertiary/aromatic N) is 2. The minimum Gasteiger partial charge on any atom is -0.375 e. The molecule has 2 aliphatic heterocycles. The number of piperidine rings is 1. The molecule has 5 heteroatoms. The molecular formula is C19H26N2O3. The number of rotatable bonds is 4. The van der Waals surface area contributed by atoms with Crippen molar-refractivity contribution in [3.63, 3.8) is 0 Å². The summed E-state index contributed by atoms with van der Waals surface area (Å²) >= 11 is 0. The molecule has 1 aromatic heterocycles. The van der Waals surface area contributed by atoms with Crippen LogP contribution in [0, 0.1) is 12.8 Å². The lowest BCUT2D eigenvalue weighted by Gasteiger charge is -2.39. The molecule has 5 nitrogen and oxygen atoms in total. The summed E-state index contributed by atoms with van der Waals surface area (Å²) < 4.78 is 12.2. The van der Waals surface area contributed by atoms with Crippen LogP contribution in [0.15, 0.2) is 18.3 Å². The van der Waals surface area contributed by atoms with Crippen LogP contribution in [-0.4, -0.2) is 53.8 Å². The summed E-state index contributed by atoms with van der Waals surface area (Å²) in [6.07, 6.45) is 7.42. The van der Waals surface area contributed by atoms with Gasteiger partial charge in [-0.25, -0.2) is 0 Å². The summed E-state index contributed by atoms with van der Waals surface area (Å²) in [4.78, 5) is 18.9. The Kier molecular flexibility index (Phi) is 4.31. The predicted octanol–water partition coefficient (Wildman–Crippen LogP) is 2.58. The van der Waals surface area contributed by atoms with Crippen molar-refractivity contribution >= 4 is 5.91 Å². The normalized spacial score (nSPS) is 30.0. The largest absolute Gasteiger partial charge is 0.375 e. The zero-order chi connectivity index (χ0) is 16.6. The molecule has 2 saturated heterocycles. The SMILES string of the molecule is Cc1ccnc(C(=O)N2CCC[C@]3(C[C@@H](OCC4CC4)CO3)C2)c1. The number of aromatic nitrogens is 1. The summed E-state index contributed by atoms with van der Waals surface area (Å²) in [5.74, 6) is 0.794. The fourth-order valence-electron chi connectivity index (χ4n) is 3.84. The van der Waals surface area contributed by atoms with Gasteiger partial charge in [0.25, 0.3) is 5.91 Å². The van der Waals surface area contributed by atoms with Gasteiger partial charge in [-0.1, -0.05) is 0 Å². The van der Waals surface area contributed by atoms with E-state index in [4.69, 9.17) is 9.47 Å². The molecule has 1 aromatic rings. The number of amides is 1. The zero-order valence-corrected chi connectivity index (χ0v) is 14.4. The number of hydrogen-bond acceptors (Lipinski definition) is 4. The zero-order valence-electron chi connectivity index (χ0n) is 14.4. The Balaban J connectivity index is 1.39. The summed E-state index contributed by atoms with van der Waals surface area (Å²) in [5, 5.41) is 0. The molecular weight excluding hydrogens is 304 g/mol. The van der Waals surface area contributed by atoms with Crippen LogP contribution < -0.4 is 0 Å². The van der Waals surface area contributed by atoms with E-state index in [2.05, 4.69) is 4.98 Å². The smallest absolute Gasteiger partial charge is 0.272 e. The van der Waals surface area contributed by atoms with E-state index in [9.17, 15) is 4.79 Å². The molecule has 0 N–H and O–H groups in total. The van der Waals surface area contributed by atoms with Crippen LogP contribution in [0.2, 0.25) is 0 Å². The van der Waals surface area contributed by atoms with Crippen molar-refractivity contribution in [2.75, 3.05) is 26.3 Å². The van der Waals surface area contributed by atoms with Gasteiger partial charge >= 0.3 is 0 Å². The molecule has 1 saturated carbocycles. The van der Waals surface area contributed by atoms with E-state index in [1.165, 1.54) is 12.8 Å². The number of likely N-dealkylation sites (tertiary alicyclic amines) is 1. The Morgan fingerprint density at radius 3 is 3.17 bits per heavy atom. The molecule has 1 aliphatic carbocycles. The van der Waals surface area contributed by atoms with Crippen LogP contribution in [0.4, 0.5) is 0 Å². The van der Waals surface area contributed by atoms with Crippen LogP contribution in [0.3, 0.4) is 0 Å². The van der Waals surface area contributed by atoms with Crippen molar-refractivity contribution in [3.05, 3.63) is 29.6 Å². The van der Waals surface area contributed by atoms with Gasteiger partial charge in [0.1, 0.15) is 5.69 Å². The van der Waals surface area contributed by atoms with E-state index >= 15 is 0 Å². The summed E-state index contributed by atoms with van der Waals surface area (Å²) in [5.41, 5.74) is 1.38. The average Bonchev–Trinajstić information content (AvgIpc) is 3.35. The summed E-state index contributed by atoms with van der Waals surface area (Å²) in [6, 6.07) is 3.77. The standard InChI is InChI=1S/C19H26N2O3/c1-14-5-7-20-17(9-14)18(22)21-8-2-6-19(13-21)10-16(12-24-19)23-11-15-3-4-15/h5,7,9,15-16H,2-4,6,8,10-13H2,1H3/t16-,19+/m1/s1. The molecule has 0 radical (unpaired) electrons. The lowest BCUT2D eigenvalue weighted by Crippen LogP contribution is -2.50. The van der Waals surface area contributed by atoms with Gasteiger partial charge in [-0.3, -0.25) is 9.78 Å². The average molecular weight is 330 g/mol. The van der Waals surface area contributed by atoms with Gasteiger partial charge in [-0.15, -0.1) is 0 Å². The fraction of sp³-hybridized carbons (Fsp3) is 0.684. The van der Waals surface area contributed by atoms with Gasteiger partial charge in [0.15, 0.2) is 0 Å². The minimum atomic E-state index is -0.216. The molecule has 0 aromatic carbocycles. The van der Waals surface area contributed by atoms with E-state index in [-0.39, 0.29) is 17.6 Å². The van der Waals surface area contributed by atoms with E-state index in [0.717, 1.165) is 43.9 Å². The van der Waals surface area contributed by atoms with Crippen LogP contribution in [0.25, 0.3) is 0 Å². The number of carbonyl (C=O) groups is 1. The van der Waals surface area contributed by atoms with Gasteiger partial charge in [0, 0.05) is 25.8 Å². The third-order valence-electron chi connectivity index (χ3n) is 5.40. The molecule has 4 rings (SSSR count). The molecule has 1 amide bonds. The van der Waals surface area contributed by atoms with E-state index in [0.29, 0.717) is 18.8 Å². The monoisotopic (exact) mass is 330 g/mol. The Morgan fingerprint density at radius 1 is 1.50 bits per heavy atom. The summed E-state index contributed by atoms with van der Waals surface area (Å²) in [7, 11) is 0. The fourth-order valence-corrected chi connectivity index (χ4v) is 3.84. The number of ether oxygens (including phenoxy) is 2. The van der Waals surface area contributed by atoms with Gasteiger partial charge in [-0.2, -0.15) is 0 Å². The maximum Gasteiger partial charge on any atom is 0.272 e. The molecule has 24 heavy (non-hydrogen) atoms. The third kappa shape index (κ3) is 3.47. The van der Waals surface area contributed by atoms with Gasteiger partial charge < -0.3 is 14.4 Å². The van der Waals surface area contributed by atoms with Gasteiger partial charge in [-0.05, 0) is 56.2 Å². The van der Waals surface area contributed by atoms with E-state index < -0.39 is 0 Å². The van der Waals surface area contributed by atoms with E-state index in [1.807, 2.05) is 24.0 Å². The van der Waals surface area contributed by atoms with Gasteiger partial charge in [0.05, 0.1) is 24.9 Å². The Bertz CT molecular complexity index is 616. The Hall–Kier alpha value is -1.46. The number of aryl methyl sites for hydroxylation is 1. The van der Waals surface area contributed by atoms with Crippen LogP contribution in [0.5, 0.6) is 0 Å². The predicted molar refractivity (Wildman–Crippen MR) is 89.9 cm³/mol. The van der Waals surface area contributed by atoms with Crippen LogP contribution in [-0.2, 0) is 9.47 Å². The first kappa shape index (κ1) is 16.0. The molecule has 0 bridgehead atoms. The maximum atomic E-state index is 12.8. The van der Waals surface area contributed by atoms with Crippen LogP contribution >= 0.6 is 0 Å². The third-order valence-corrected chi connectivity index (χ3v) is 5.40. The second-order valence-electron chi connectivity index (χ2n) is 7.65. The quantitative estimate of drug-likeness (QED) is 0.851. The van der Waals surface area contributed by atoms with Crippen molar-refractivity contribution in [1.29, 1.82) is 0 Å². The molecule has 3 fully saturated rings. The second-order valence-corrected chi connectivity index (χ2v) is 7.65. The topological polar surface area (TPSA) is 51.7 Å². The van der Waals surface area contributed by atoms with Crippen LogP contribution in [0.1, 0.15) is 48.2 Å². The molecule has 130 valence electrons. The number of pyridine rings is 1. The molecule has 2 atom stereocenters. The van der Waals surface area contributed by atoms with E-state index in [1.54, 1.807) is 6.20 Å². The Morgan fingerprint density at radius 2 is 2.38 bits per heavy atom. The molecule has 3 heterocycles. The summed E-state index contributed by atoms with van der Waals surface area (Å²) in [6.45, 7) is 4.97.